The van der Waals surface area contributed by atoms with Crippen LogP contribution in [0.4, 0.5) is 13.2 Å². The lowest BCUT2D eigenvalue weighted by Crippen LogP contribution is -2.55. The third kappa shape index (κ3) is 4.06. The number of carbonyl (C=O) groups is 1. The van der Waals surface area contributed by atoms with Crippen LogP contribution in [0.15, 0.2) is 24.8 Å². The second-order valence-electron chi connectivity index (χ2n) is 6.62. The number of nitrogens with zero attached hydrogens (tertiary/aromatic N) is 4. The predicted octanol–water partition coefficient (Wildman–Crippen LogP) is 1.58. The minimum atomic E-state index is -4.44. The second-order valence-corrected chi connectivity index (χ2v) is 6.62. The van der Waals surface area contributed by atoms with Gasteiger partial charge in [-0.3, -0.25) is 14.8 Å². The molecule has 1 aliphatic rings. The fraction of sp³-hybridized carbons (Fsp3) is 0.562. The van der Waals surface area contributed by atoms with Crippen LogP contribution < -0.4 is 5.32 Å². The Kier molecular flexibility index (Phi) is 5.03. The van der Waals surface area contributed by atoms with Gasteiger partial charge >= 0.3 is 6.18 Å². The Labute approximate surface area is 148 Å². The Morgan fingerprint density at radius 3 is 2.65 bits per heavy atom. The molecule has 2 aromatic heterocycles. The van der Waals surface area contributed by atoms with E-state index < -0.39 is 24.2 Å². The molecule has 1 fully saturated rings. The van der Waals surface area contributed by atoms with Crippen molar-refractivity contribution in [3.63, 3.8) is 0 Å². The van der Waals surface area contributed by atoms with Crippen molar-refractivity contribution in [1.82, 2.24) is 30.0 Å². The highest BCUT2D eigenvalue weighted by molar-refractivity contribution is 5.84. The zero-order chi connectivity index (χ0) is 18.8. The maximum atomic E-state index is 12.6. The normalized spacial score (nSPS) is 18.0. The highest BCUT2D eigenvalue weighted by Gasteiger charge is 2.44. The summed E-state index contributed by atoms with van der Waals surface area (Å²) in [7, 11) is 0. The lowest BCUT2D eigenvalue weighted by molar-refractivity contribution is -0.145. The molecule has 142 valence electrons. The van der Waals surface area contributed by atoms with Crippen molar-refractivity contribution in [2.24, 2.45) is 0 Å². The van der Waals surface area contributed by atoms with Crippen molar-refractivity contribution >= 4 is 5.91 Å². The number of imidazole rings is 1. The summed E-state index contributed by atoms with van der Waals surface area (Å²) in [5.74, 6) is -0.622. The number of carbonyl (C=O) groups excluding carboxylic acids is 1. The van der Waals surface area contributed by atoms with E-state index >= 15 is 0 Å². The molecule has 26 heavy (non-hydrogen) atoms. The molecule has 0 aromatic carbocycles. The molecule has 0 spiro atoms. The van der Waals surface area contributed by atoms with E-state index in [1.165, 1.54) is 12.5 Å². The van der Waals surface area contributed by atoms with Crippen LogP contribution in [0.1, 0.15) is 24.2 Å². The summed E-state index contributed by atoms with van der Waals surface area (Å²) < 4.78 is 39.1. The maximum absolute atomic E-state index is 12.6. The lowest BCUT2D eigenvalue weighted by Gasteiger charge is -2.41. The molecule has 1 amide bonds. The minimum absolute atomic E-state index is 0.399. The summed E-state index contributed by atoms with van der Waals surface area (Å²) in [6.07, 6.45) is 0.995. The van der Waals surface area contributed by atoms with Crippen LogP contribution in [0.3, 0.4) is 0 Å². The SMILES string of the molecule is Cc1cc(CN2CCC(C(=O)NCC(F)(F)F)(n3ccnc3)CC2)n[nH]1. The smallest absolute Gasteiger partial charge is 0.345 e. The first-order chi connectivity index (χ1) is 12.3. The molecular formula is C16H21F3N6O. The van der Waals surface area contributed by atoms with E-state index in [-0.39, 0.29) is 0 Å². The number of hydrogen-bond donors (Lipinski definition) is 2. The van der Waals surface area contributed by atoms with Gasteiger partial charge < -0.3 is 9.88 Å². The highest BCUT2D eigenvalue weighted by Crippen LogP contribution is 2.31. The van der Waals surface area contributed by atoms with E-state index in [0.29, 0.717) is 32.5 Å². The Morgan fingerprint density at radius 1 is 1.38 bits per heavy atom. The zero-order valence-electron chi connectivity index (χ0n) is 14.4. The van der Waals surface area contributed by atoms with Crippen molar-refractivity contribution in [1.29, 1.82) is 0 Å². The number of rotatable bonds is 5. The topological polar surface area (TPSA) is 78.8 Å². The van der Waals surface area contributed by atoms with Crippen LogP contribution in [0.2, 0.25) is 0 Å². The van der Waals surface area contributed by atoms with E-state index in [0.717, 1.165) is 11.4 Å². The predicted molar refractivity (Wildman–Crippen MR) is 87.1 cm³/mol. The maximum Gasteiger partial charge on any atom is 0.405 e. The van der Waals surface area contributed by atoms with Gasteiger partial charge in [-0.1, -0.05) is 0 Å². The molecule has 3 rings (SSSR count). The standard InChI is InChI=1S/C16H21F3N6O/c1-12-8-13(23-22-12)9-24-5-2-15(3-6-24,25-7-4-20-11-25)14(26)21-10-16(17,18)19/h4,7-8,11H,2-3,5-6,9-10H2,1H3,(H,21,26)(H,22,23). The van der Waals surface area contributed by atoms with E-state index in [4.69, 9.17) is 0 Å². The third-order valence-electron chi connectivity index (χ3n) is 4.70. The molecule has 2 N–H and O–H groups in total. The summed E-state index contributed by atoms with van der Waals surface area (Å²) in [5, 5.41) is 9.13. The fourth-order valence-electron chi connectivity index (χ4n) is 3.33. The van der Waals surface area contributed by atoms with Gasteiger partial charge in [0.05, 0.1) is 12.0 Å². The van der Waals surface area contributed by atoms with Gasteiger partial charge in [0.2, 0.25) is 5.91 Å². The zero-order valence-corrected chi connectivity index (χ0v) is 14.4. The number of aromatic nitrogens is 4. The number of alkyl halides is 3. The summed E-state index contributed by atoms with van der Waals surface area (Å²) in [6.45, 7) is 2.36. The van der Waals surface area contributed by atoms with Crippen LogP contribution in [0.25, 0.3) is 0 Å². The van der Waals surface area contributed by atoms with Crippen molar-refractivity contribution in [3.8, 4) is 0 Å². The van der Waals surface area contributed by atoms with Crippen molar-refractivity contribution in [2.75, 3.05) is 19.6 Å². The number of likely N-dealkylation sites (tertiary alicyclic amines) is 1. The molecule has 1 saturated heterocycles. The molecule has 0 radical (unpaired) electrons. The molecule has 0 bridgehead atoms. The first-order valence-electron chi connectivity index (χ1n) is 8.35. The fourth-order valence-corrected chi connectivity index (χ4v) is 3.33. The summed E-state index contributed by atoms with van der Waals surface area (Å²) in [5.41, 5.74) is 0.815. The van der Waals surface area contributed by atoms with Crippen LogP contribution in [-0.2, 0) is 16.9 Å². The number of halogens is 3. The average Bonchev–Trinajstić information content (AvgIpc) is 3.25. The van der Waals surface area contributed by atoms with Crippen molar-refractivity contribution in [2.45, 2.75) is 38.0 Å². The molecule has 3 heterocycles. The van der Waals surface area contributed by atoms with Gasteiger partial charge in [-0.05, 0) is 25.8 Å². The number of aryl methyl sites for hydroxylation is 1. The Balaban J connectivity index is 1.70. The molecule has 2 aromatic rings. The Hall–Kier alpha value is -2.36. The molecule has 0 atom stereocenters. The van der Waals surface area contributed by atoms with Gasteiger partial charge in [0, 0.05) is 37.7 Å². The van der Waals surface area contributed by atoms with Crippen LogP contribution in [0, 0.1) is 6.92 Å². The first kappa shape index (κ1) is 18.4. The van der Waals surface area contributed by atoms with E-state index in [1.54, 1.807) is 10.8 Å². The molecule has 0 unspecified atom stereocenters. The number of hydrogen-bond acceptors (Lipinski definition) is 4. The third-order valence-corrected chi connectivity index (χ3v) is 4.70. The first-order valence-corrected chi connectivity index (χ1v) is 8.35. The quantitative estimate of drug-likeness (QED) is 0.838. The Bertz CT molecular complexity index is 732. The van der Waals surface area contributed by atoms with E-state index in [9.17, 15) is 18.0 Å². The van der Waals surface area contributed by atoms with Crippen molar-refractivity contribution < 1.29 is 18.0 Å². The van der Waals surface area contributed by atoms with Crippen LogP contribution in [-0.4, -0.2) is 56.4 Å². The van der Waals surface area contributed by atoms with Crippen molar-refractivity contribution in [3.05, 3.63) is 36.2 Å². The van der Waals surface area contributed by atoms with Gasteiger partial charge in [-0.25, -0.2) is 4.98 Å². The summed E-state index contributed by atoms with van der Waals surface area (Å²) in [4.78, 5) is 18.7. The van der Waals surface area contributed by atoms with Gasteiger partial charge in [0.25, 0.3) is 0 Å². The highest BCUT2D eigenvalue weighted by atomic mass is 19.4. The molecule has 7 nitrogen and oxygen atoms in total. The average molecular weight is 370 g/mol. The van der Waals surface area contributed by atoms with Gasteiger partial charge in [0.1, 0.15) is 12.1 Å². The number of piperidine rings is 1. The van der Waals surface area contributed by atoms with Gasteiger partial charge in [-0.15, -0.1) is 0 Å². The minimum Gasteiger partial charge on any atom is -0.345 e. The van der Waals surface area contributed by atoms with E-state index in [1.807, 2.05) is 18.3 Å². The summed E-state index contributed by atoms with van der Waals surface area (Å²) in [6, 6.07) is 1.95. The van der Waals surface area contributed by atoms with E-state index in [2.05, 4.69) is 20.1 Å². The molecule has 0 saturated carbocycles. The molecule has 10 heteroatoms. The number of amides is 1. The molecule has 1 aliphatic heterocycles. The second kappa shape index (κ2) is 7.10. The molecule has 0 aliphatic carbocycles. The van der Waals surface area contributed by atoms with Crippen LogP contribution in [0.5, 0.6) is 0 Å². The van der Waals surface area contributed by atoms with Crippen LogP contribution >= 0.6 is 0 Å². The van der Waals surface area contributed by atoms with Gasteiger partial charge in [0.15, 0.2) is 0 Å². The lowest BCUT2D eigenvalue weighted by atomic mass is 9.86. The Morgan fingerprint density at radius 2 is 2.12 bits per heavy atom. The largest absolute Gasteiger partial charge is 0.405 e. The molecular weight excluding hydrogens is 349 g/mol. The van der Waals surface area contributed by atoms with Gasteiger partial charge in [-0.2, -0.15) is 18.3 Å². The summed E-state index contributed by atoms with van der Waals surface area (Å²) >= 11 is 0. The number of nitrogens with one attached hydrogen (secondary N) is 2. The number of H-pyrrole nitrogens is 1. The monoisotopic (exact) mass is 370 g/mol. The number of aromatic amines is 1.